The van der Waals surface area contributed by atoms with Crippen LogP contribution in [0.25, 0.3) is 0 Å². The van der Waals surface area contributed by atoms with Gasteiger partial charge in [0.25, 0.3) is 0 Å². The number of ether oxygens (including phenoxy) is 2. The van der Waals surface area contributed by atoms with E-state index in [9.17, 15) is 34.4 Å². The van der Waals surface area contributed by atoms with Crippen LogP contribution < -0.4 is 5.73 Å². The first-order chi connectivity index (χ1) is 25.0. The van der Waals surface area contributed by atoms with Gasteiger partial charge >= 0.3 is 19.8 Å². The number of phosphoric ester groups is 1. The van der Waals surface area contributed by atoms with Crippen LogP contribution in [-0.4, -0.2) is 82.9 Å². The molecule has 52 heavy (non-hydrogen) atoms. The normalized spacial score (nSPS) is 15.9. The molecule has 0 saturated heterocycles. The van der Waals surface area contributed by atoms with Gasteiger partial charge < -0.3 is 35.4 Å². The summed E-state index contributed by atoms with van der Waals surface area (Å²) < 4.78 is 32.4. The predicted molar refractivity (Wildman–Crippen MR) is 205 cm³/mol. The zero-order chi connectivity index (χ0) is 38.7. The molecule has 0 aromatic rings. The van der Waals surface area contributed by atoms with Gasteiger partial charge in [-0.05, 0) is 32.1 Å². The fourth-order valence-corrected chi connectivity index (χ4v) is 5.56. The van der Waals surface area contributed by atoms with Crippen molar-refractivity contribution in [3.63, 3.8) is 0 Å². The largest absolute Gasteiger partial charge is 0.472 e. The second-order valence-corrected chi connectivity index (χ2v) is 14.1. The zero-order valence-corrected chi connectivity index (χ0v) is 32.5. The van der Waals surface area contributed by atoms with Crippen molar-refractivity contribution in [2.45, 2.75) is 147 Å². The first-order valence-corrected chi connectivity index (χ1v) is 20.6. The fourth-order valence-electron chi connectivity index (χ4n) is 4.80. The molecule has 0 amide bonds. The summed E-state index contributed by atoms with van der Waals surface area (Å²) in [5.74, 6) is -1.17. The number of carbonyl (C=O) groups is 2. The van der Waals surface area contributed by atoms with Crippen molar-refractivity contribution >= 4 is 19.8 Å². The molecule has 0 rings (SSSR count). The lowest BCUT2D eigenvalue weighted by molar-refractivity contribution is -0.161. The molecule has 0 fully saturated rings. The number of carbonyl (C=O) groups excluding carboxylic acids is 2. The number of aliphatic hydroxyl groups is 3. The van der Waals surface area contributed by atoms with Crippen LogP contribution in [0.1, 0.15) is 123 Å². The van der Waals surface area contributed by atoms with Gasteiger partial charge in [0, 0.05) is 19.4 Å². The van der Waals surface area contributed by atoms with Crippen molar-refractivity contribution in [3.8, 4) is 0 Å². The van der Waals surface area contributed by atoms with Gasteiger partial charge in [-0.25, -0.2) is 4.57 Å². The van der Waals surface area contributed by atoms with Crippen molar-refractivity contribution < 1.29 is 52.9 Å². The molecular weight excluding hydrogens is 689 g/mol. The number of aliphatic hydroxyl groups excluding tert-OH is 3. The molecule has 6 N–H and O–H groups in total. The third-order valence-electron chi connectivity index (χ3n) is 7.76. The molecule has 0 aliphatic rings. The Hall–Kier alpha value is -2.41. The number of rotatable bonds is 34. The average Bonchev–Trinajstić information content (AvgIpc) is 3.11. The number of unbranched alkanes of at least 4 members (excludes halogenated alkanes) is 10. The highest BCUT2D eigenvalue weighted by Crippen LogP contribution is 2.43. The number of hydrogen-bond donors (Lipinski definition) is 5. The Balaban J connectivity index is 4.59. The van der Waals surface area contributed by atoms with Crippen LogP contribution in [0.3, 0.4) is 0 Å². The van der Waals surface area contributed by atoms with Crippen molar-refractivity contribution in [2.24, 2.45) is 5.73 Å². The molecule has 0 heterocycles. The summed E-state index contributed by atoms with van der Waals surface area (Å²) >= 11 is 0. The smallest absolute Gasteiger partial charge is 0.462 e. The van der Waals surface area contributed by atoms with Crippen molar-refractivity contribution in [2.75, 3.05) is 26.4 Å². The van der Waals surface area contributed by atoms with Crippen LogP contribution >= 0.6 is 7.82 Å². The van der Waals surface area contributed by atoms with E-state index in [1.54, 1.807) is 42.5 Å². The molecule has 0 aromatic carbocycles. The van der Waals surface area contributed by atoms with E-state index in [0.717, 1.165) is 25.7 Å². The predicted octanol–water partition coefficient (Wildman–Crippen LogP) is 7.07. The molecule has 0 spiro atoms. The molecule has 0 aromatic heterocycles. The molecule has 13 heteroatoms. The Bertz CT molecular complexity index is 1090. The second-order valence-electron chi connectivity index (χ2n) is 12.6. The van der Waals surface area contributed by atoms with Gasteiger partial charge in [0.15, 0.2) is 6.10 Å². The van der Waals surface area contributed by atoms with Crippen LogP contribution in [-0.2, 0) is 32.7 Å². The van der Waals surface area contributed by atoms with E-state index in [-0.39, 0.29) is 38.8 Å². The molecule has 300 valence electrons. The maximum Gasteiger partial charge on any atom is 0.472 e. The van der Waals surface area contributed by atoms with Gasteiger partial charge in [0.05, 0.1) is 31.5 Å². The van der Waals surface area contributed by atoms with Crippen molar-refractivity contribution in [1.82, 2.24) is 0 Å². The highest BCUT2D eigenvalue weighted by molar-refractivity contribution is 7.47. The number of hydrogen-bond acceptors (Lipinski definition) is 11. The lowest BCUT2D eigenvalue weighted by Crippen LogP contribution is -2.30. The summed E-state index contributed by atoms with van der Waals surface area (Å²) in [4.78, 5) is 34.7. The third kappa shape index (κ3) is 32.3. The summed E-state index contributed by atoms with van der Waals surface area (Å²) in [6.45, 7) is 3.10. The SMILES string of the molecule is CC/C=C\C[C@@H](O)/C=C/C=C/C=C\C=C/[C@H](O)[C@@H](O)CCCC(=O)OC[C@H](COP(=O)(O)OCCN)OC(=O)CCCCCCCCCCCCC. The lowest BCUT2D eigenvalue weighted by atomic mass is 10.1. The van der Waals surface area contributed by atoms with Crippen LogP contribution in [0.15, 0.2) is 60.8 Å². The van der Waals surface area contributed by atoms with E-state index >= 15 is 0 Å². The van der Waals surface area contributed by atoms with Gasteiger partial charge in [-0.2, -0.15) is 0 Å². The number of nitrogens with two attached hydrogens (primary N) is 1. The minimum Gasteiger partial charge on any atom is -0.462 e. The molecule has 5 atom stereocenters. The summed E-state index contributed by atoms with van der Waals surface area (Å²) in [7, 11) is -4.45. The molecule has 1 unspecified atom stereocenters. The van der Waals surface area contributed by atoms with E-state index in [2.05, 4.69) is 6.92 Å². The molecule has 0 aliphatic heterocycles. The quantitative estimate of drug-likeness (QED) is 0.0148. The summed E-state index contributed by atoms with van der Waals surface area (Å²) in [5, 5.41) is 30.3. The molecule has 0 radical (unpaired) electrons. The van der Waals surface area contributed by atoms with Gasteiger partial charge in [0.2, 0.25) is 0 Å². The molecular formula is C39H68NO11P. The zero-order valence-electron chi connectivity index (χ0n) is 31.6. The maximum absolute atomic E-state index is 12.5. The summed E-state index contributed by atoms with van der Waals surface area (Å²) in [5.41, 5.74) is 5.31. The van der Waals surface area contributed by atoms with Crippen molar-refractivity contribution in [1.29, 1.82) is 0 Å². The average molecular weight is 758 g/mol. The van der Waals surface area contributed by atoms with E-state index in [0.29, 0.717) is 12.8 Å². The van der Waals surface area contributed by atoms with Crippen LogP contribution in [0.5, 0.6) is 0 Å². The number of esters is 2. The van der Waals surface area contributed by atoms with Crippen LogP contribution in [0.2, 0.25) is 0 Å². The number of allylic oxidation sites excluding steroid dienone is 7. The van der Waals surface area contributed by atoms with Gasteiger partial charge in [0.1, 0.15) is 6.61 Å². The Morgan fingerprint density at radius 2 is 1.29 bits per heavy atom. The fraction of sp³-hybridized carbons (Fsp3) is 0.692. The van der Waals surface area contributed by atoms with Gasteiger partial charge in [-0.1, -0.05) is 139 Å². The van der Waals surface area contributed by atoms with Crippen LogP contribution in [0, 0.1) is 0 Å². The van der Waals surface area contributed by atoms with Crippen molar-refractivity contribution in [3.05, 3.63) is 60.8 Å². The van der Waals surface area contributed by atoms with E-state index < -0.39 is 57.4 Å². The first-order valence-electron chi connectivity index (χ1n) is 19.1. The van der Waals surface area contributed by atoms with E-state index in [4.69, 9.17) is 24.3 Å². The van der Waals surface area contributed by atoms with E-state index in [1.165, 1.54) is 51.0 Å². The van der Waals surface area contributed by atoms with Crippen LogP contribution in [0.4, 0.5) is 0 Å². The standard InChI is InChI=1S/C39H68NO11P/c1-3-5-7-8-9-10-11-12-13-18-22-28-39(45)51-35(33-50-52(46,47)49-31-30-40)32-48-38(44)29-23-27-37(43)36(42)26-21-17-15-14-16-20-25-34(41)24-19-6-4-2/h6,14-17,19-21,25-26,34-37,41-43H,3-5,7-13,18,22-24,27-33,40H2,1-2H3,(H,46,47)/b16-14+,17-15-,19-6-,25-20+,26-21-/t34-,35-,36+,37+/m1/s1. The lowest BCUT2D eigenvalue weighted by Gasteiger charge is -2.20. The van der Waals surface area contributed by atoms with Gasteiger partial charge in [-0.3, -0.25) is 18.6 Å². The monoisotopic (exact) mass is 757 g/mol. The van der Waals surface area contributed by atoms with Gasteiger partial charge in [-0.15, -0.1) is 0 Å². The molecule has 0 bridgehead atoms. The maximum atomic E-state index is 12.5. The Morgan fingerprint density at radius 3 is 1.90 bits per heavy atom. The minimum atomic E-state index is -4.45. The number of phosphoric acid groups is 1. The third-order valence-corrected chi connectivity index (χ3v) is 8.74. The minimum absolute atomic E-state index is 0.00254. The highest BCUT2D eigenvalue weighted by atomic mass is 31.2. The second kappa shape index (κ2) is 34.4. The Kier molecular flexibility index (Phi) is 32.8. The molecule has 0 aliphatic carbocycles. The molecule has 0 saturated carbocycles. The topological polar surface area (TPSA) is 195 Å². The first kappa shape index (κ1) is 49.6. The highest BCUT2D eigenvalue weighted by Gasteiger charge is 2.26. The summed E-state index contributed by atoms with van der Waals surface area (Å²) in [6.07, 6.45) is 27.8. The summed E-state index contributed by atoms with van der Waals surface area (Å²) in [6, 6.07) is 0. The molecule has 12 nitrogen and oxygen atoms in total. The Labute approximate surface area is 312 Å². The Morgan fingerprint density at radius 1 is 0.712 bits per heavy atom. The van der Waals surface area contributed by atoms with E-state index in [1.807, 2.05) is 19.1 Å².